The second kappa shape index (κ2) is 6.89. The molecule has 0 spiro atoms. The molecule has 0 aliphatic carbocycles. The second-order valence-electron chi connectivity index (χ2n) is 6.46. The SMILES string of the molecule is CC(Cc1ccccn1)c1nc2ccccc2n1Cc1ccccc1. The number of fused-ring (bicyclic) bond motifs is 1. The highest BCUT2D eigenvalue weighted by Crippen LogP contribution is 2.25. The lowest BCUT2D eigenvalue weighted by molar-refractivity contribution is 0.633. The van der Waals surface area contributed by atoms with E-state index < -0.39 is 0 Å². The third kappa shape index (κ3) is 3.31. The summed E-state index contributed by atoms with van der Waals surface area (Å²) in [5.74, 6) is 1.42. The fourth-order valence-electron chi connectivity index (χ4n) is 3.33. The van der Waals surface area contributed by atoms with E-state index in [9.17, 15) is 0 Å². The van der Waals surface area contributed by atoms with Gasteiger partial charge in [-0.25, -0.2) is 4.98 Å². The van der Waals surface area contributed by atoms with Crippen molar-refractivity contribution in [2.45, 2.75) is 25.8 Å². The Hall–Kier alpha value is -2.94. The van der Waals surface area contributed by atoms with Crippen LogP contribution in [0, 0.1) is 0 Å². The van der Waals surface area contributed by atoms with Gasteiger partial charge in [-0.3, -0.25) is 4.98 Å². The van der Waals surface area contributed by atoms with Crippen molar-refractivity contribution in [2.24, 2.45) is 0 Å². The smallest absolute Gasteiger partial charge is 0.113 e. The van der Waals surface area contributed by atoms with Crippen LogP contribution in [0.5, 0.6) is 0 Å². The molecule has 1 atom stereocenters. The number of hydrogen-bond donors (Lipinski definition) is 0. The maximum absolute atomic E-state index is 4.94. The summed E-state index contributed by atoms with van der Waals surface area (Å²) < 4.78 is 2.35. The predicted octanol–water partition coefficient (Wildman–Crippen LogP) is 4.83. The first kappa shape index (κ1) is 15.6. The zero-order valence-electron chi connectivity index (χ0n) is 14.3. The molecule has 0 amide bonds. The van der Waals surface area contributed by atoms with Gasteiger partial charge in [0.1, 0.15) is 5.82 Å². The first-order valence-corrected chi connectivity index (χ1v) is 8.70. The molecule has 2 heterocycles. The molecular formula is C22H21N3. The van der Waals surface area contributed by atoms with E-state index in [1.807, 2.05) is 18.3 Å². The average molecular weight is 327 g/mol. The van der Waals surface area contributed by atoms with Gasteiger partial charge < -0.3 is 4.57 Å². The third-order valence-corrected chi connectivity index (χ3v) is 4.55. The molecule has 0 bridgehead atoms. The Morgan fingerprint density at radius 1 is 0.880 bits per heavy atom. The van der Waals surface area contributed by atoms with E-state index in [2.05, 4.69) is 77.1 Å². The van der Waals surface area contributed by atoms with Crippen LogP contribution < -0.4 is 0 Å². The number of aromatic nitrogens is 3. The summed E-state index contributed by atoms with van der Waals surface area (Å²) in [6.07, 6.45) is 2.74. The lowest BCUT2D eigenvalue weighted by Crippen LogP contribution is -2.10. The highest BCUT2D eigenvalue weighted by molar-refractivity contribution is 5.76. The van der Waals surface area contributed by atoms with Crippen molar-refractivity contribution < 1.29 is 0 Å². The minimum atomic E-state index is 0.297. The highest BCUT2D eigenvalue weighted by Gasteiger charge is 2.17. The summed E-state index contributed by atoms with van der Waals surface area (Å²) in [5, 5.41) is 0. The Labute approximate surface area is 148 Å². The van der Waals surface area contributed by atoms with Crippen molar-refractivity contribution in [2.75, 3.05) is 0 Å². The summed E-state index contributed by atoms with van der Waals surface area (Å²) in [6, 6.07) is 25.0. The van der Waals surface area contributed by atoms with Crippen LogP contribution in [0.3, 0.4) is 0 Å². The molecule has 1 unspecified atom stereocenters. The van der Waals surface area contributed by atoms with Crippen molar-refractivity contribution >= 4 is 11.0 Å². The Morgan fingerprint density at radius 3 is 2.44 bits per heavy atom. The fraction of sp³-hybridized carbons (Fsp3) is 0.182. The highest BCUT2D eigenvalue weighted by atomic mass is 15.1. The molecule has 2 aromatic carbocycles. The van der Waals surface area contributed by atoms with Crippen LogP contribution in [-0.4, -0.2) is 14.5 Å². The minimum Gasteiger partial charge on any atom is -0.323 e. The molecule has 3 heteroatoms. The summed E-state index contributed by atoms with van der Waals surface area (Å²) in [4.78, 5) is 9.41. The standard InChI is InChI=1S/C22H21N3/c1-17(15-19-11-7-8-14-23-19)22-24-20-12-5-6-13-21(20)25(22)16-18-9-3-2-4-10-18/h2-14,17H,15-16H2,1H3. The molecule has 0 saturated heterocycles. The number of rotatable bonds is 5. The van der Waals surface area contributed by atoms with Crippen molar-refractivity contribution in [3.8, 4) is 0 Å². The lowest BCUT2D eigenvalue weighted by atomic mass is 10.0. The molecule has 2 aromatic heterocycles. The maximum atomic E-state index is 4.94. The molecule has 0 fully saturated rings. The molecule has 0 aliphatic rings. The van der Waals surface area contributed by atoms with Crippen molar-refractivity contribution in [3.63, 3.8) is 0 Å². The quantitative estimate of drug-likeness (QED) is 0.526. The first-order chi connectivity index (χ1) is 12.3. The van der Waals surface area contributed by atoms with Crippen molar-refractivity contribution in [1.29, 1.82) is 0 Å². The van der Waals surface area contributed by atoms with Gasteiger partial charge in [-0.1, -0.05) is 55.5 Å². The van der Waals surface area contributed by atoms with Gasteiger partial charge in [-0.15, -0.1) is 0 Å². The fourth-order valence-corrected chi connectivity index (χ4v) is 3.33. The van der Waals surface area contributed by atoms with E-state index in [0.29, 0.717) is 5.92 Å². The van der Waals surface area contributed by atoms with E-state index in [1.54, 1.807) is 0 Å². The normalized spacial score (nSPS) is 12.4. The van der Waals surface area contributed by atoms with Crippen molar-refractivity contribution in [3.05, 3.63) is 96.1 Å². The number of benzene rings is 2. The Bertz CT molecular complexity index is 958. The molecule has 3 nitrogen and oxygen atoms in total. The summed E-state index contributed by atoms with van der Waals surface area (Å²) in [6.45, 7) is 3.07. The van der Waals surface area contributed by atoms with Gasteiger partial charge in [0.05, 0.1) is 11.0 Å². The van der Waals surface area contributed by atoms with Gasteiger partial charge in [0.2, 0.25) is 0 Å². The van der Waals surface area contributed by atoms with Crippen LogP contribution in [0.2, 0.25) is 0 Å². The molecule has 124 valence electrons. The van der Waals surface area contributed by atoms with E-state index in [0.717, 1.165) is 30.0 Å². The van der Waals surface area contributed by atoms with Crippen LogP contribution in [0.1, 0.15) is 29.9 Å². The summed E-state index contributed by atoms with van der Waals surface area (Å²) in [5.41, 5.74) is 4.64. The topological polar surface area (TPSA) is 30.7 Å². The molecule has 4 aromatic rings. The number of hydrogen-bond acceptors (Lipinski definition) is 2. The Balaban J connectivity index is 1.73. The number of imidazole rings is 1. The third-order valence-electron chi connectivity index (χ3n) is 4.55. The first-order valence-electron chi connectivity index (χ1n) is 8.70. The zero-order valence-corrected chi connectivity index (χ0v) is 14.3. The van der Waals surface area contributed by atoms with Crippen molar-refractivity contribution in [1.82, 2.24) is 14.5 Å². The van der Waals surface area contributed by atoms with Gasteiger partial charge in [0.15, 0.2) is 0 Å². The Kier molecular flexibility index (Phi) is 4.30. The molecular weight excluding hydrogens is 306 g/mol. The number of nitrogens with zero attached hydrogens (tertiary/aromatic N) is 3. The van der Waals surface area contributed by atoms with Crippen LogP contribution in [0.15, 0.2) is 79.0 Å². The lowest BCUT2D eigenvalue weighted by Gasteiger charge is -2.15. The van der Waals surface area contributed by atoms with Crippen LogP contribution in [-0.2, 0) is 13.0 Å². The van der Waals surface area contributed by atoms with Crippen LogP contribution in [0.25, 0.3) is 11.0 Å². The monoisotopic (exact) mass is 327 g/mol. The molecule has 25 heavy (non-hydrogen) atoms. The average Bonchev–Trinajstić information content (AvgIpc) is 3.02. The molecule has 0 radical (unpaired) electrons. The summed E-state index contributed by atoms with van der Waals surface area (Å²) in [7, 11) is 0. The second-order valence-corrected chi connectivity index (χ2v) is 6.46. The van der Waals surface area contributed by atoms with Gasteiger partial charge in [0.25, 0.3) is 0 Å². The van der Waals surface area contributed by atoms with Gasteiger partial charge >= 0.3 is 0 Å². The molecule has 0 N–H and O–H groups in total. The van der Waals surface area contributed by atoms with Crippen LogP contribution >= 0.6 is 0 Å². The predicted molar refractivity (Wildman–Crippen MR) is 102 cm³/mol. The van der Waals surface area contributed by atoms with Gasteiger partial charge in [0, 0.05) is 24.4 Å². The minimum absolute atomic E-state index is 0.297. The number of pyridine rings is 1. The molecule has 4 rings (SSSR count). The zero-order chi connectivity index (χ0) is 17.1. The molecule has 0 aliphatic heterocycles. The van der Waals surface area contributed by atoms with Gasteiger partial charge in [-0.05, 0) is 36.2 Å². The Morgan fingerprint density at radius 2 is 1.64 bits per heavy atom. The van der Waals surface area contributed by atoms with E-state index in [1.165, 1.54) is 11.1 Å². The largest absolute Gasteiger partial charge is 0.323 e. The molecule has 0 saturated carbocycles. The van der Waals surface area contributed by atoms with E-state index >= 15 is 0 Å². The van der Waals surface area contributed by atoms with E-state index in [-0.39, 0.29) is 0 Å². The number of para-hydroxylation sites is 2. The van der Waals surface area contributed by atoms with Gasteiger partial charge in [-0.2, -0.15) is 0 Å². The summed E-state index contributed by atoms with van der Waals surface area (Å²) >= 11 is 0. The van der Waals surface area contributed by atoms with E-state index in [4.69, 9.17) is 4.98 Å². The maximum Gasteiger partial charge on any atom is 0.113 e. The van der Waals surface area contributed by atoms with Crippen LogP contribution in [0.4, 0.5) is 0 Å².